The van der Waals surface area contributed by atoms with E-state index in [1.165, 1.54) is 0 Å². The van der Waals surface area contributed by atoms with Gasteiger partial charge in [0.2, 0.25) is 0 Å². The molecule has 1 aliphatic carbocycles. The summed E-state index contributed by atoms with van der Waals surface area (Å²) in [4.78, 5) is 10.8. The Balaban J connectivity index is 2.32. The van der Waals surface area contributed by atoms with E-state index in [1.54, 1.807) is 10.7 Å². The summed E-state index contributed by atoms with van der Waals surface area (Å²) < 4.78 is 1.77. The minimum Gasteiger partial charge on any atom is -0.476 e. The van der Waals surface area contributed by atoms with Crippen molar-refractivity contribution in [1.82, 2.24) is 9.78 Å². The molecule has 1 aromatic heterocycles. The molecule has 0 saturated heterocycles. The van der Waals surface area contributed by atoms with Gasteiger partial charge in [-0.3, -0.25) is 4.68 Å². The standard InChI is InChI=1S/C11H14N2O2/c1-7(2)6-13-10(8-3-4-8)5-9(12-13)11(14)15/h5,8H,1,3-4,6H2,2H3,(H,14,15). The van der Waals surface area contributed by atoms with Gasteiger partial charge in [0.15, 0.2) is 5.69 Å². The maximum absolute atomic E-state index is 10.8. The molecule has 1 saturated carbocycles. The van der Waals surface area contributed by atoms with Crippen molar-refractivity contribution >= 4 is 5.97 Å². The average molecular weight is 206 g/mol. The van der Waals surface area contributed by atoms with Crippen LogP contribution < -0.4 is 0 Å². The zero-order valence-electron chi connectivity index (χ0n) is 8.73. The highest BCUT2D eigenvalue weighted by Gasteiger charge is 2.29. The molecule has 1 heterocycles. The quantitative estimate of drug-likeness (QED) is 0.767. The maximum Gasteiger partial charge on any atom is 0.356 e. The van der Waals surface area contributed by atoms with Gasteiger partial charge in [-0.1, -0.05) is 12.2 Å². The summed E-state index contributed by atoms with van der Waals surface area (Å²) in [5, 5.41) is 12.9. The fourth-order valence-electron chi connectivity index (χ4n) is 1.63. The van der Waals surface area contributed by atoms with Crippen LogP contribution in [0, 0.1) is 0 Å². The normalized spacial score (nSPS) is 15.3. The first-order valence-electron chi connectivity index (χ1n) is 5.03. The van der Waals surface area contributed by atoms with Crippen LogP contribution in [0.5, 0.6) is 0 Å². The van der Waals surface area contributed by atoms with E-state index >= 15 is 0 Å². The molecule has 4 nitrogen and oxygen atoms in total. The van der Waals surface area contributed by atoms with E-state index in [0.29, 0.717) is 12.5 Å². The minimum absolute atomic E-state index is 0.137. The first-order valence-corrected chi connectivity index (χ1v) is 5.03. The second kappa shape index (κ2) is 3.53. The molecule has 0 atom stereocenters. The second-order valence-corrected chi connectivity index (χ2v) is 4.15. The van der Waals surface area contributed by atoms with E-state index in [9.17, 15) is 4.79 Å². The number of carbonyl (C=O) groups is 1. The summed E-state index contributed by atoms with van der Waals surface area (Å²) in [7, 11) is 0. The van der Waals surface area contributed by atoms with Gasteiger partial charge in [-0.25, -0.2) is 4.79 Å². The molecule has 0 unspecified atom stereocenters. The van der Waals surface area contributed by atoms with Gasteiger partial charge in [0.25, 0.3) is 0 Å². The van der Waals surface area contributed by atoms with Crippen molar-refractivity contribution in [2.75, 3.05) is 0 Å². The third kappa shape index (κ3) is 2.09. The number of carboxylic acid groups (broad SMARTS) is 1. The van der Waals surface area contributed by atoms with Crippen LogP contribution in [0.2, 0.25) is 0 Å². The lowest BCUT2D eigenvalue weighted by Gasteiger charge is -2.04. The summed E-state index contributed by atoms with van der Waals surface area (Å²) in [6, 6.07) is 1.68. The van der Waals surface area contributed by atoms with Crippen LogP contribution in [0.25, 0.3) is 0 Å². The number of aromatic carboxylic acids is 1. The molecule has 1 N–H and O–H groups in total. The van der Waals surface area contributed by atoms with Crippen LogP contribution in [-0.4, -0.2) is 20.9 Å². The molecule has 0 bridgehead atoms. The van der Waals surface area contributed by atoms with Crippen LogP contribution in [0.15, 0.2) is 18.2 Å². The summed E-state index contributed by atoms with van der Waals surface area (Å²) in [6.07, 6.45) is 2.28. The van der Waals surface area contributed by atoms with E-state index in [1.807, 2.05) is 6.92 Å². The van der Waals surface area contributed by atoms with Gasteiger partial charge < -0.3 is 5.11 Å². The second-order valence-electron chi connectivity index (χ2n) is 4.15. The highest BCUT2D eigenvalue weighted by molar-refractivity contribution is 5.85. The molecule has 0 amide bonds. The molecule has 1 aromatic rings. The van der Waals surface area contributed by atoms with E-state index in [0.717, 1.165) is 24.1 Å². The van der Waals surface area contributed by atoms with E-state index in [-0.39, 0.29) is 5.69 Å². The SMILES string of the molecule is C=C(C)Cn1nc(C(=O)O)cc1C1CC1. The molecule has 4 heteroatoms. The number of nitrogens with zero attached hydrogens (tertiary/aromatic N) is 2. The van der Waals surface area contributed by atoms with Crippen molar-refractivity contribution in [2.45, 2.75) is 32.2 Å². The smallest absolute Gasteiger partial charge is 0.356 e. The first kappa shape index (κ1) is 9.96. The number of hydrogen-bond donors (Lipinski definition) is 1. The molecule has 1 fully saturated rings. The van der Waals surface area contributed by atoms with Crippen molar-refractivity contribution < 1.29 is 9.90 Å². The van der Waals surface area contributed by atoms with Gasteiger partial charge in [0.05, 0.1) is 6.54 Å². The molecule has 0 aromatic carbocycles. The lowest BCUT2D eigenvalue weighted by atomic mass is 10.2. The Hall–Kier alpha value is -1.58. The van der Waals surface area contributed by atoms with Crippen molar-refractivity contribution in [1.29, 1.82) is 0 Å². The van der Waals surface area contributed by atoms with Gasteiger partial charge in [-0.05, 0) is 25.8 Å². The lowest BCUT2D eigenvalue weighted by molar-refractivity contribution is 0.0689. The summed E-state index contributed by atoms with van der Waals surface area (Å²) >= 11 is 0. The Labute approximate surface area is 88.2 Å². The molecular formula is C11H14N2O2. The van der Waals surface area contributed by atoms with Crippen LogP contribution in [0.1, 0.15) is 41.9 Å². The summed E-state index contributed by atoms with van der Waals surface area (Å²) in [6.45, 7) is 6.34. The van der Waals surface area contributed by atoms with Crippen molar-refractivity contribution in [3.05, 3.63) is 29.6 Å². The number of aromatic nitrogens is 2. The summed E-state index contributed by atoms with van der Waals surface area (Å²) in [5.41, 5.74) is 2.16. The number of hydrogen-bond acceptors (Lipinski definition) is 2. The Bertz CT molecular complexity index is 416. The van der Waals surface area contributed by atoms with Gasteiger partial charge in [0.1, 0.15) is 0 Å². The molecule has 80 valence electrons. The van der Waals surface area contributed by atoms with Gasteiger partial charge >= 0.3 is 5.97 Å². The zero-order valence-corrected chi connectivity index (χ0v) is 8.73. The van der Waals surface area contributed by atoms with Crippen molar-refractivity contribution in [2.24, 2.45) is 0 Å². The fourth-order valence-corrected chi connectivity index (χ4v) is 1.63. The fraction of sp³-hybridized carbons (Fsp3) is 0.455. The Morgan fingerprint density at radius 2 is 2.40 bits per heavy atom. The predicted octanol–water partition coefficient (Wildman–Crippen LogP) is 2.03. The summed E-state index contributed by atoms with van der Waals surface area (Å²) in [5.74, 6) is -0.456. The van der Waals surface area contributed by atoms with E-state index in [2.05, 4.69) is 11.7 Å². The number of carboxylic acids is 1. The molecular weight excluding hydrogens is 192 g/mol. The highest BCUT2D eigenvalue weighted by atomic mass is 16.4. The van der Waals surface area contributed by atoms with E-state index < -0.39 is 5.97 Å². The number of rotatable bonds is 4. The third-order valence-corrected chi connectivity index (χ3v) is 2.45. The molecule has 2 rings (SSSR count). The lowest BCUT2D eigenvalue weighted by Crippen LogP contribution is -2.06. The highest BCUT2D eigenvalue weighted by Crippen LogP contribution is 2.40. The van der Waals surface area contributed by atoms with E-state index in [4.69, 9.17) is 5.11 Å². The van der Waals surface area contributed by atoms with Crippen molar-refractivity contribution in [3.63, 3.8) is 0 Å². The molecule has 0 aliphatic heterocycles. The zero-order chi connectivity index (χ0) is 11.0. The monoisotopic (exact) mass is 206 g/mol. The largest absolute Gasteiger partial charge is 0.476 e. The van der Waals surface area contributed by atoms with Gasteiger partial charge in [-0.2, -0.15) is 5.10 Å². The minimum atomic E-state index is -0.961. The van der Waals surface area contributed by atoms with Crippen molar-refractivity contribution in [3.8, 4) is 0 Å². The van der Waals surface area contributed by atoms with Crippen LogP contribution in [-0.2, 0) is 6.54 Å². The molecule has 0 spiro atoms. The predicted molar refractivity (Wildman–Crippen MR) is 56.0 cm³/mol. The van der Waals surface area contributed by atoms with Crippen LogP contribution >= 0.6 is 0 Å². The Kier molecular flexibility index (Phi) is 2.34. The molecule has 15 heavy (non-hydrogen) atoms. The first-order chi connectivity index (χ1) is 7.08. The Morgan fingerprint density at radius 1 is 1.73 bits per heavy atom. The third-order valence-electron chi connectivity index (χ3n) is 2.45. The average Bonchev–Trinajstić information content (AvgIpc) is 2.88. The van der Waals surface area contributed by atoms with Gasteiger partial charge in [-0.15, -0.1) is 0 Å². The maximum atomic E-state index is 10.8. The van der Waals surface area contributed by atoms with Crippen LogP contribution in [0.4, 0.5) is 0 Å². The Morgan fingerprint density at radius 3 is 2.87 bits per heavy atom. The molecule has 0 radical (unpaired) electrons. The molecule has 1 aliphatic rings. The van der Waals surface area contributed by atoms with Gasteiger partial charge in [0, 0.05) is 11.6 Å². The topological polar surface area (TPSA) is 55.1 Å². The number of allylic oxidation sites excluding steroid dienone is 1. The van der Waals surface area contributed by atoms with Crippen LogP contribution in [0.3, 0.4) is 0 Å².